The van der Waals surface area contributed by atoms with E-state index in [0.29, 0.717) is 24.3 Å². The highest BCUT2D eigenvalue weighted by Gasteiger charge is 2.20. The third-order valence-electron chi connectivity index (χ3n) is 5.70. The maximum Gasteiger partial charge on any atom is 0.254 e. The lowest BCUT2D eigenvalue weighted by Crippen LogP contribution is -2.30. The van der Waals surface area contributed by atoms with Gasteiger partial charge in [-0.25, -0.2) is 0 Å². The van der Waals surface area contributed by atoms with Crippen molar-refractivity contribution in [1.29, 1.82) is 0 Å². The number of hydrogen-bond donors (Lipinski definition) is 0. The summed E-state index contributed by atoms with van der Waals surface area (Å²) in [5.74, 6) is 0.724. The first-order chi connectivity index (χ1) is 16.1. The van der Waals surface area contributed by atoms with Gasteiger partial charge in [0.15, 0.2) is 5.65 Å². The zero-order valence-electron chi connectivity index (χ0n) is 18.5. The summed E-state index contributed by atoms with van der Waals surface area (Å²) in [4.78, 5) is 15.3. The first-order valence-corrected chi connectivity index (χ1v) is 10.7. The van der Waals surface area contributed by atoms with Crippen molar-refractivity contribution in [2.24, 2.45) is 0 Å². The summed E-state index contributed by atoms with van der Waals surface area (Å²) in [5, 5.41) is 13.4. The van der Waals surface area contributed by atoms with E-state index < -0.39 is 0 Å². The molecule has 164 valence electrons. The van der Waals surface area contributed by atoms with Gasteiger partial charge in [0.1, 0.15) is 5.75 Å². The number of aryl methyl sites for hydroxylation is 1. The average Bonchev–Trinajstić information content (AvgIpc) is 3.34. The van der Waals surface area contributed by atoms with E-state index in [0.717, 1.165) is 33.3 Å². The molecule has 3 aromatic carbocycles. The van der Waals surface area contributed by atoms with Crippen LogP contribution in [0.4, 0.5) is 0 Å². The summed E-state index contributed by atoms with van der Waals surface area (Å²) in [5.41, 5.74) is 5.25. The largest absolute Gasteiger partial charge is 0.497 e. The van der Waals surface area contributed by atoms with Crippen LogP contribution < -0.4 is 4.74 Å². The van der Waals surface area contributed by atoms with Crippen molar-refractivity contribution in [2.45, 2.75) is 20.0 Å². The number of fused-ring (bicyclic) bond motifs is 3. The van der Waals surface area contributed by atoms with Gasteiger partial charge in [-0.15, -0.1) is 5.10 Å². The Morgan fingerprint density at radius 3 is 2.52 bits per heavy atom. The third kappa shape index (κ3) is 4.13. The van der Waals surface area contributed by atoms with E-state index in [9.17, 15) is 4.79 Å². The Balaban J connectivity index is 1.56. The highest BCUT2D eigenvalue weighted by atomic mass is 16.5. The molecule has 0 unspecified atom stereocenters. The zero-order chi connectivity index (χ0) is 22.8. The highest BCUT2D eigenvalue weighted by molar-refractivity contribution is 5.94. The lowest BCUT2D eigenvalue weighted by Gasteiger charge is -2.24. The molecule has 1 amide bonds. The Labute approximate surface area is 191 Å². The number of benzene rings is 3. The van der Waals surface area contributed by atoms with E-state index >= 15 is 0 Å². The maximum atomic E-state index is 13.5. The van der Waals surface area contributed by atoms with Crippen LogP contribution in [0, 0.1) is 6.92 Å². The van der Waals surface area contributed by atoms with Gasteiger partial charge in [0.2, 0.25) is 0 Å². The van der Waals surface area contributed by atoms with Gasteiger partial charge < -0.3 is 9.64 Å². The van der Waals surface area contributed by atoms with E-state index in [1.54, 1.807) is 11.6 Å². The summed E-state index contributed by atoms with van der Waals surface area (Å²) in [6.45, 7) is 2.86. The fourth-order valence-electron chi connectivity index (χ4n) is 4.02. The molecular formula is C26H23N5O2. The van der Waals surface area contributed by atoms with Gasteiger partial charge in [-0.05, 0) is 65.4 Å². The Kier molecular flexibility index (Phi) is 5.44. The van der Waals surface area contributed by atoms with Crippen LogP contribution >= 0.6 is 0 Å². The van der Waals surface area contributed by atoms with Crippen LogP contribution in [0.25, 0.3) is 16.6 Å². The summed E-state index contributed by atoms with van der Waals surface area (Å²) >= 11 is 0. The molecule has 0 aliphatic rings. The van der Waals surface area contributed by atoms with Crippen LogP contribution in [-0.4, -0.2) is 38.0 Å². The van der Waals surface area contributed by atoms with Crippen LogP contribution in [0.2, 0.25) is 0 Å². The fraction of sp³-hybridized carbons (Fsp3) is 0.154. The number of carbonyl (C=O) groups excluding carboxylic acids is 1. The standard InChI is InChI=1S/C26H23N5O2/c1-18-8-13-24-21(14-18)15-22(25-27-28-29-31(24)25)17-30(26(32)20-6-4-3-5-7-20)16-19-9-11-23(33-2)12-10-19/h3-15H,16-17H2,1-2H3. The molecule has 0 bridgehead atoms. The van der Waals surface area contributed by atoms with E-state index in [2.05, 4.69) is 34.6 Å². The SMILES string of the molecule is COc1ccc(CN(Cc2cc3cc(C)ccc3n3nnnc23)C(=O)c2ccccc2)cc1. The van der Waals surface area contributed by atoms with Gasteiger partial charge >= 0.3 is 0 Å². The van der Waals surface area contributed by atoms with Gasteiger partial charge in [0.05, 0.1) is 19.2 Å². The second-order valence-electron chi connectivity index (χ2n) is 8.02. The molecule has 0 fully saturated rings. The second-order valence-corrected chi connectivity index (χ2v) is 8.02. The van der Waals surface area contributed by atoms with Crippen molar-refractivity contribution in [1.82, 2.24) is 24.9 Å². The molecule has 2 aromatic heterocycles. The summed E-state index contributed by atoms with van der Waals surface area (Å²) in [6.07, 6.45) is 0. The van der Waals surface area contributed by atoms with Crippen LogP contribution in [-0.2, 0) is 13.1 Å². The Hall–Kier alpha value is -4.26. The first-order valence-electron chi connectivity index (χ1n) is 10.7. The monoisotopic (exact) mass is 437 g/mol. The van der Waals surface area contributed by atoms with Gasteiger partial charge in [0.25, 0.3) is 5.91 Å². The van der Waals surface area contributed by atoms with Crippen molar-refractivity contribution in [2.75, 3.05) is 7.11 Å². The number of pyridine rings is 1. The first kappa shape index (κ1) is 20.6. The van der Waals surface area contributed by atoms with Crippen molar-refractivity contribution >= 4 is 22.5 Å². The molecule has 0 saturated heterocycles. The van der Waals surface area contributed by atoms with Crippen LogP contribution in [0.1, 0.15) is 27.0 Å². The number of ether oxygens (including phenoxy) is 1. The van der Waals surface area contributed by atoms with E-state index in [-0.39, 0.29) is 5.91 Å². The molecule has 5 rings (SSSR count). The molecule has 2 heterocycles. The highest BCUT2D eigenvalue weighted by Crippen LogP contribution is 2.23. The minimum Gasteiger partial charge on any atom is -0.497 e. The molecule has 0 aliphatic heterocycles. The minimum absolute atomic E-state index is 0.0543. The molecule has 5 aromatic rings. The number of methoxy groups -OCH3 is 1. The summed E-state index contributed by atoms with van der Waals surface area (Å²) in [7, 11) is 1.64. The van der Waals surface area contributed by atoms with E-state index in [4.69, 9.17) is 4.74 Å². The van der Waals surface area contributed by atoms with Crippen molar-refractivity contribution in [3.8, 4) is 5.75 Å². The van der Waals surface area contributed by atoms with E-state index in [1.165, 1.54) is 0 Å². The number of hydrogen-bond acceptors (Lipinski definition) is 5. The lowest BCUT2D eigenvalue weighted by molar-refractivity contribution is 0.0730. The number of nitrogens with zero attached hydrogens (tertiary/aromatic N) is 5. The van der Waals surface area contributed by atoms with Gasteiger partial charge in [-0.2, -0.15) is 4.52 Å². The quantitative estimate of drug-likeness (QED) is 0.393. The molecule has 0 radical (unpaired) electrons. The molecule has 0 N–H and O–H groups in total. The molecule has 0 atom stereocenters. The third-order valence-corrected chi connectivity index (χ3v) is 5.70. The predicted molar refractivity (Wildman–Crippen MR) is 126 cm³/mol. The maximum absolute atomic E-state index is 13.5. The van der Waals surface area contributed by atoms with Gasteiger partial charge in [-0.3, -0.25) is 4.79 Å². The number of aromatic nitrogens is 4. The topological polar surface area (TPSA) is 72.6 Å². The molecule has 7 nitrogen and oxygen atoms in total. The van der Waals surface area contributed by atoms with Crippen molar-refractivity contribution < 1.29 is 9.53 Å². The molecular weight excluding hydrogens is 414 g/mol. The predicted octanol–water partition coefficient (Wildman–Crippen LogP) is 4.44. The average molecular weight is 438 g/mol. The Bertz CT molecular complexity index is 1430. The number of rotatable bonds is 6. The fourth-order valence-corrected chi connectivity index (χ4v) is 4.02. The summed E-state index contributed by atoms with van der Waals surface area (Å²) < 4.78 is 7.01. The number of amides is 1. The molecule has 7 heteroatoms. The summed E-state index contributed by atoms with van der Waals surface area (Å²) in [6, 6.07) is 25.3. The van der Waals surface area contributed by atoms with Gasteiger partial charge in [-0.1, -0.05) is 42.0 Å². The van der Waals surface area contributed by atoms with Crippen molar-refractivity contribution in [3.63, 3.8) is 0 Å². The van der Waals surface area contributed by atoms with Crippen LogP contribution in [0.15, 0.2) is 78.9 Å². The number of carbonyl (C=O) groups is 1. The normalized spacial score (nSPS) is 11.1. The number of tetrazole rings is 1. The molecule has 0 aliphatic carbocycles. The molecule has 0 saturated carbocycles. The Morgan fingerprint density at radius 2 is 1.76 bits per heavy atom. The van der Waals surface area contributed by atoms with E-state index in [1.807, 2.05) is 71.6 Å². The van der Waals surface area contributed by atoms with Crippen LogP contribution in [0.3, 0.4) is 0 Å². The zero-order valence-corrected chi connectivity index (χ0v) is 18.5. The van der Waals surface area contributed by atoms with Crippen molar-refractivity contribution in [3.05, 3.63) is 101 Å². The van der Waals surface area contributed by atoms with Crippen LogP contribution in [0.5, 0.6) is 5.75 Å². The Morgan fingerprint density at radius 1 is 0.970 bits per heavy atom. The van der Waals surface area contributed by atoms with Gasteiger partial charge in [0, 0.05) is 23.1 Å². The smallest absolute Gasteiger partial charge is 0.254 e. The molecule has 33 heavy (non-hydrogen) atoms. The lowest BCUT2D eigenvalue weighted by atomic mass is 10.1. The minimum atomic E-state index is -0.0543. The molecule has 0 spiro atoms. The second kappa shape index (κ2) is 8.70.